The highest BCUT2D eigenvalue weighted by Crippen LogP contribution is 2.14. The van der Waals surface area contributed by atoms with Crippen LogP contribution in [0.5, 0.6) is 0 Å². The summed E-state index contributed by atoms with van der Waals surface area (Å²) in [6.07, 6.45) is 0.583. The molecule has 0 heterocycles. The first-order chi connectivity index (χ1) is 10.2. The van der Waals surface area contributed by atoms with Gasteiger partial charge >= 0.3 is 0 Å². The van der Waals surface area contributed by atoms with Gasteiger partial charge in [-0.15, -0.1) is 12.4 Å². The fourth-order valence-corrected chi connectivity index (χ4v) is 3.17. The second kappa shape index (κ2) is 10.1. The van der Waals surface area contributed by atoms with Crippen LogP contribution in [0.4, 0.5) is 0 Å². The number of halogens is 2. The van der Waals surface area contributed by atoms with Crippen LogP contribution in [0.25, 0.3) is 0 Å². The molecule has 0 radical (unpaired) electrons. The van der Waals surface area contributed by atoms with Crippen molar-refractivity contribution in [3.63, 3.8) is 0 Å². The van der Waals surface area contributed by atoms with Crippen LogP contribution >= 0.6 is 24.0 Å². The van der Waals surface area contributed by atoms with Gasteiger partial charge in [-0.05, 0) is 30.5 Å². The molecule has 0 aromatic heterocycles. The molecule has 1 atom stereocenters. The lowest BCUT2D eigenvalue weighted by Gasteiger charge is -2.14. The summed E-state index contributed by atoms with van der Waals surface area (Å²) in [7, 11) is -3.64. The van der Waals surface area contributed by atoms with Crippen LogP contribution in [-0.2, 0) is 14.8 Å². The van der Waals surface area contributed by atoms with Crippen molar-refractivity contribution in [3.8, 4) is 0 Å². The van der Waals surface area contributed by atoms with Crippen LogP contribution in [0.2, 0.25) is 5.02 Å². The maximum absolute atomic E-state index is 12.0. The molecule has 1 amide bonds. The Morgan fingerprint density at radius 3 is 2.52 bits per heavy atom. The molecule has 9 heteroatoms. The lowest BCUT2D eigenvalue weighted by Crippen LogP contribution is -2.44. The van der Waals surface area contributed by atoms with Gasteiger partial charge in [-0.2, -0.15) is 0 Å². The maximum atomic E-state index is 12.0. The third kappa shape index (κ3) is 7.99. The molecule has 0 aliphatic heterocycles. The fourth-order valence-electron chi connectivity index (χ4n) is 1.83. The van der Waals surface area contributed by atoms with Gasteiger partial charge in [0.05, 0.1) is 10.9 Å². The van der Waals surface area contributed by atoms with Gasteiger partial charge in [-0.25, -0.2) is 13.1 Å². The van der Waals surface area contributed by atoms with E-state index in [0.717, 1.165) is 0 Å². The van der Waals surface area contributed by atoms with Gasteiger partial charge in [0.2, 0.25) is 15.9 Å². The molecule has 132 valence electrons. The van der Waals surface area contributed by atoms with E-state index in [1.54, 1.807) is 12.1 Å². The topological polar surface area (TPSA) is 101 Å². The van der Waals surface area contributed by atoms with Gasteiger partial charge in [0.25, 0.3) is 0 Å². The van der Waals surface area contributed by atoms with E-state index in [4.69, 9.17) is 17.3 Å². The van der Waals surface area contributed by atoms with Crippen molar-refractivity contribution >= 4 is 39.9 Å². The van der Waals surface area contributed by atoms with Gasteiger partial charge < -0.3 is 11.1 Å². The average Bonchev–Trinajstić information content (AvgIpc) is 2.42. The lowest BCUT2D eigenvalue weighted by molar-refractivity contribution is -0.122. The highest BCUT2D eigenvalue weighted by molar-refractivity contribution is 7.89. The number of benzene rings is 1. The molecule has 1 rings (SSSR count). The third-order valence-corrected chi connectivity index (χ3v) is 4.58. The largest absolute Gasteiger partial charge is 0.353 e. The highest BCUT2D eigenvalue weighted by Gasteiger charge is 2.16. The molecule has 0 unspecified atom stereocenters. The second-order valence-corrected chi connectivity index (χ2v) is 7.59. The average molecular weight is 384 g/mol. The quantitative estimate of drug-likeness (QED) is 0.592. The van der Waals surface area contributed by atoms with Gasteiger partial charge in [-0.1, -0.05) is 31.5 Å². The monoisotopic (exact) mass is 383 g/mol. The molecule has 0 aliphatic carbocycles. The molecule has 0 spiro atoms. The Morgan fingerprint density at radius 1 is 1.30 bits per heavy atom. The van der Waals surface area contributed by atoms with Crippen LogP contribution in [0, 0.1) is 5.92 Å². The first kappa shape index (κ1) is 22.1. The number of nitrogens with one attached hydrogen (secondary N) is 2. The Hall–Kier alpha value is -0.860. The molecule has 23 heavy (non-hydrogen) atoms. The third-order valence-electron chi connectivity index (χ3n) is 2.88. The Morgan fingerprint density at radius 2 is 1.96 bits per heavy atom. The summed E-state index contributed by atoms with van der Waals surface area (Å²) in [5.74, 6) is 0.0396. The first-order valence-electron chi connectivity index (χ1n) is 7.01. The van der Waals surface area contributed by atoms with Crippen molar-refractivity contribution in [2.24, 2.45) is 11.7 Å². The van der Waals surface area contributed by atoms with E-state index >= 15 is 0 Å². The summed E-state index contributed by atoms with van der Waals surface area (Å²) in [5, 5.41) is 2.95. The van der Waals surface area contributed by atoms with Crippen molar-refractivity contribution in [2.75, 3.05) is 13.1 Å². The number of carbonyl (C=O) groups is 1. The summed E-state index contributed by atoms with van der Waals surface area (Å²) in [5.41, 5.74) is 5.73. The van der Waals surface area contributed by atoms with Crippen molar-refractivity contribution in [1.82, 2.24) is 10.0 Å². The number of hydrogen-bond acceptors (Lipinski definition) is 4. The van der Waals surface area contributed by atoms with E-state index in [1.165, 1.54) is 12.1 Å². The normalized spacial score (nSPS) is 12.6. The highest BCUT2D eigenvalue weighted by atomic mass is 35.5. The minimum absolute atomic E-state index is 0. The van der Waals surface area contributed by atoms with Gasteiger partial charge in [-0.3, -0.25) is 4.79 Å². The standard InChI is InChI=1S/C14H22ClN3O3S.ClH/c1-10(2)8-13(16)14(19)17-6-7-18-22(20,21)12-5-3-4-11(15)9-12;/h3-5,9-10,13,18H,6-8,16H2,1-2H3,(H,17,19);1H/t13-;/m0./s1. The van der Waals surface area contributed by atoms with Crippen LogP contribution in [0.15, 0.2) is 29.2 Å². The zero-order valence-corrected chi connectivity index (χ0v) is 15.5. The van der Waals surface area contributed by atoms with Gasteiger partial charge in [0.1, 0.15) is 0 Å². The number of carbonyl (C=O) groups excluding carboxylic acids is 1. The van der Waals surface area contributed by atoms with Crippen LogP contribution in [-0.4, -0.2) is 33.5 Å². The molecule has 0 saturated heterocycles. The number of hydrogen-bond donors (Lipinski definition) is 3. The smallest absolute Gasteiger partial charge is 0.240 e. The molecular formula is C14H23Cl2N3O3S. The van der Waals surface area contributed by atoms with E-state index in [1.807, 2.05) is 13.8 Å². The number of nitrogens with two attached hydrogens (primary N) is 1. The SMILES string of the molecule is CC(C)C[C@H](N)C(=O)NCCNS(=O)(=O)c1cccc(Cl)c1.Cl. The van der Waals surface area contributed by atoms with E-state index < -0.39 is 16.1 Å². The zero-order valence-electron chi connectivity index (χ0n) is 13.1. The van der Waals surface area contributed by atoms with Crippen molar-refractivity contribution in [3.05, 3.63) is 29.3 Å². The van der Waals surface area contributed by atoms with E-state index in [0.29, 0.717) is 17.4 Å². The molecule has 0 aliphatic rings. The summed E-state index contributed by atoms with van der Waals surface area (Å²) >= 11 is 5.77. The summed E-state index contributed by atoms with van der Waals surface area (Å²) in [6.45, 7) is 4.21. The van der Waals surface area contributed by atoms with Crippen LogP contribution < -0.4 is 15.8 Å². The Bertz CT molecular complexity index is 609. The molecule has 4 N–H and O–H groups in total. The van der Waals surface area contributed by atoms with Crippen LogP contribution in [0.1, 0.15) is 20.3 Å². The Labute approximate surface area is 148 Å². The molecule has 0 fully saturated rings. The lowest BCUT2D eigenvalue weighted by atomic mass is 10.0. The minimum Gasteiger partial charge on any atom is -0.353 e. The van der Waals surface area contributed by atoms with E-state index in [-0.39, 0.29) is 36.3 Å². The predicted molar refractivity (Wildman–Crippen MR) is 94.3 cm³/mol. The minimum atomic E-state index is -3.64. The van der Waals surface area contributed by atoms with E-state index in [2.05, 4.69) is 10.0 Å². The number of amides is 1. The van der Waals surface area contributed by atoms with Crippen molar-refractivity contribution in [1.29, 1.82) is 0 Å². The number of rotatable bonds is 8. The molecule has 6 nitrogen and oxygen atoms in total. The summed E-state index contributed by atoms with van der Waals surface area (Å²) < 4.78 is 26.4. The van der Waals surface area contributed by atoms with Crippen molar-refractivity contribution < 1.29 is 13.2 Å². The zero-order chi connectivity index (χ0) is 16.8. The second-order valence-electron chi connectivity index (χ2n) is 5.38. The molecule has 0 bridgehead atoms. The molecule has 0 saturated carbocycles. The first-order valence-corrected chi connectivity index (χ1v) is 8.87. The summed E-state index contributed by atoms with van der Waals surface area (Å²) in [6, 6.07) is 5.39. The maximum Gasteiger partial charge on any atom is 0.240 e. The van der Waals surface area contributed by atoms with Gasteiger partial charge in [0, 0.05) is 18.1 Å². The molecule has 1 aromatic carbocycles. The van der Waals surface area contributed by atoms with Crippen LogP contribution in [0.3, 0.4) is 0 Å². The Kier molecular flexibility index (Phi) is 9.72. The fraction of sp³-hybridized carbons (Fsp3) is 0.500. The Balaban J connectivity index is 0.00000484. The van der Waals surface area contributed by atoms with E-state index in [9.17, 15) is 13.2 Å². The number of sulfonamides is 1. The predicted octanol–water partition coefficient (Wildman–Crippen LogP) is 1.53. The van der Waals surface area contributed by atoms with Crippen molar-refractivity contribution in [2.45, 2.75) is 31.2 Å². The molecule has 1 aromatic rings. The van der Waals surface area contributed by atoms with Gasteiger partial charge in [0.15, 0.2) is 0 Å². The summed E-state index contributed by atoms with van der Waals surface area (Å²) in [4.78, 5) is 11.8. The molecular weight excluding hydrogens is 361 g/mol.